The van der Waals surface area contributed by atoms with Crippen molar-refractivity contribution in [3.05, 3.63) is 0 Å². The molecule has 0 aromatic heterocycles. The summed E-state index contributed by atoms with van der Waals surface area (Å²) in [5.74, 6) is 0. The van der Waals surface area contributed by atoms with Gasteiger partial charge < -0.3 is 20.2 Å². The molecular weight excluding hydrogens is 226 g/mol. The van der Waals surface area contributed by atoms with Gasteiger partial charge in [-0.15, -0.1) is 0 Å². The van der Waals surface area contributed by atoms with Crippen LogP contribution in [0.5, 0.6) is 0 Å². The summed E-state index contributed by atoms with van der Waals surface area (Å²) in [6, 6.07) is 0.765. The first-order valence-corrected chi connectivity index (χ1v) is 7.19. The van der Waals surface area contributed by atoms with Gasteiger partial charge in [0.25, 0.3) is 0 Å². The number of nitrogens with one attached hydrogen (secondary N) is 1. The Bertz CT molecular complexity index is 221. The van der Waals surface area contributed by atoms with E-state index in [-0.39, 0.29) is 12.1 Å². The summed E-state index contributed by atoms with van der Waals surface area (Å²) in [5, 5.41) is 12.5. The van der Waals surface area contributed by atoms with E-state index in [9.17, 15) is 5.11 Å². The van der Waals surface area contributed by atoms with Gasteiger partial charge in [-0.1, -0.05) is 0 Å². The predicted molar refractivity (Wildman–Crippen MR) is 76.9 cm³/mol. The molecule has 0 bridgehead atoms. The van der Waals surface area contributed by atoms with Gasteiger partial charge in [-0.3, -0.25) is 0 Å². The summed E-state index contributed by atoms with van der Waals surface area (Å²) >= 11 is 0. The quantitative estimate of drug-likeness (QED) is 0.706. The van der Waals surface area contributed by atoms with E-state index in [0.29, 0.717) is 0 Å². The van der Waals surface area contributed by atoms with Crippen molar-refractivity contribution >= 4 is 0 Å². The molecule has 1 atom stereocenters. The first-order valence-electron chi connectivity index (χ1n) is 7.19. The van der Waals surface area contributed by atoms with E-state index in [1.165, 1.54) is 25.9 Å². The highest BCUT2D eigenvalue weighted by Crippen LogP contribution is 2.16. The monoisotopic (exact) mass is 257 g/mol. The van der Waals surface area contributed by atoms with Crippen LogP contribution in [-0.2, 0) is 0 Å². The average Bonchev–Trinajstić information content (AvgIpc) is 2.39. The van der Waals surface area contributed by atoms with Crippen LogP contribution < -0.4 is 5.32 Å². The van der Waals surface area contributed by atoms with Crippen molar-refractivity contribution in [1.82, 2.24) is 15.1 Å². The Morgan fingerprint density at radius 1 is 1.33 bits per heavy atom. The zero-order valence-corrected chi connectivity index (χ0v) is 12.6. The van der Waals surface area contributed by atoms with Gasteiger partial charge in [0.2, 0.25) is 0 Å². The molecule has 1 unspecified atom stereocenters. The van der Waals surface area contributed by atoms with E-state index >= 15 is 0 Å². The van der Waals surface area contributed by atoms with Crippen molar-refractivity contribution in [3.8, 4) is 0 Å². The van der Waals surface area contributed by atoms with Crippen LogP contribution in [0.25, 0.3) is 0 Å². The number of hydrogen-bond donors (Lipinski definition) is 2. The molecule has 18 heavy (non-hydrogen) atoms. The Kier molecular flexibility index (Phi) is 6.57. The average molecular weight is 257 g/mol. The molecule has 0 aromatic rings. The molecule has 108 valence electrons. The van der Waals surface area contributed by atoms with Crippen LogP contribution in [0.1, 0.15) is 32.6 Å². The summed E-state index contributed by atoms with van der Waals surface area (Å²) in [6.07, 6.45) is 4.77. The molecule has 1 saturated heterocycles. The SMILES string of the molecule is CNC(C)(CO)CCCN1CCC(N(C)C)CC1. The van der Waals surface area contributed by atoms with Crippen molar-refractivity contribution < 1.29 is 5.11 Å². The fourth-order valence-corrected chi connectivity index (χ4v) is 2.64. The number of piperidine rings is 1. The van der Waals surface area contributed by atoms with Crippen molar-refractivity contribution in [3.63, 3.8) is 0 Å². The van der Waals surface area contributed by atoms with Gasteiger partial charge in [0.05, 0.1) is 6.61 Å². The predicted octanol–water partition coefficient (Wildman–Crippen LogP) is 0.763. The molecule has 2 N–H and O–H groups in total. The van der Waals surface area contributed by atoms with E-state index in [1.54, 1.807) is 0 Å². The fraction of sp³-hybridized carbons (Fsp3) is 1.00. The molecule has 1 aliphatic heterocycles. The minimum absolute atomic E-state index is 0.109. The summed E-state index contributed by atoms with van der Waals surface area (Å²) in [6.45, 7) is 5.91. The highest BCUT2D eigenvalue weighted by molar-refractivity contribution is 4.82. The van der Waals surface area contributed by atoms with Crippen molar-refractivity contribution in [2.75, 3.05) is 47.4 Å². The zero-order valence-electron chi connectivity index (χ0n) is 12.6. The Labute approximate surface area is 112 Å². The third-order valence-electron chi connectivity index (χ3n) is 4.44. The largest absolute Gasteiger partial charge is 0.394 e. The van der Waals surface area contributed by atoms with Crippen molar-refractivity contribution in [2.45, 2.75) is 44.2 Å². The number of likely N-dealkylation sites (tertiary alicyclic amines) is 1. The molecule has 0 spiro atoms. The molecule has 1 heterocycles. The molecule has 1 aliphatic rings. The molecular formula is C14H31N3O. The van der Waals surface area contributed by atoms with Gasteiger partial charge in [0.15, 0.2) is 0 Å². The van der Waals surface area contributed by atoms with E-state index in [0.717, 1.165) is 25.4 Å². The molecule has 0 aromatic carbocycles. The first-order chi connectivity index (χ1) is 8.50. The van der Waals surface area contributed by atoms with Crippen molar-refractivity contribution in [2.24, 2.45) is 0 Å². The van der Waals surface area contributed by atoms with E-state index in [1.807, 2.05) is 7.05 Å². The van der Waals surface area contributed by atoms with Crippen LogP contribution in [-0.4, -0.2) is 73.9 Å². The van der Waals surface area contributed by atoms with Crippen molar-refractivity contribution in [1.29, 1.82) is 0 Å². The summed E-state index contributed by atoms with van der Waals surface area (Å²) in [7, 11) is 6.29. The topological polar surface area (TPSA) is 38.7 Å². The minimum atomic E-state index is -0.109. The third kappa shape index (κ3) is 4.84. The number of likely N-dealkylation sites (N-methyl/N-ethyl adjacent to an activating group) is 1. The lowest BCUT2D eigenvalue weighted by atomic mass is 9.96. The normalized spacial score (nSPS) is 22.3. The number of hydrogen-bond acceptors (Lipinski definition) is 4. The number of aliphatic hydroxyl groups is 1. The molecule has 1 fully saturated rings. The molecule has 4 nitrogen and oxygen atoms in total. The van der Waals surface area contributed by atoms with Crippen LogP contribution in [0, 0.1) is 0 Å². The Balaban J connectivity index is 2.18. The van der Waals surface area contributed by atoms with E-state index in [4.69, 9.17) is 0 Å². The van der Waals surface area contributed by atoms with Gasteiger partial charge in [-0.25, -0.2) is 0 Å². The fourth-order valence-electron chi connectivity index (χ4n) is 2.64. The van der Waals surface area contributed by atoms with Crippen LogP contribution in [0.15, 0.2) is 0 Å². The third-order valence-corrected chi connectivity index (χ3v) is 4.44. The van der Waals surface area contributed by atoms with Crippen LogP contribution in [0.4, 0.5) is 0 Å². The maximum Gasteiger partial charge on any atom is 0.0610 e. The van der Waals surface area contributed by atoms with E-state index in [2.05, 4.69) is 36.1 Å². The Hall–Kier alpha value is -0.160. The minimum Gasteiger partial charge on any atom is -0.394 e. The Morgan fingerprint density at radius 2 is 1.94 bits per heavy atom. The second-order valence-corrected chi connectivity index (χ2v) is 6.11. The zero-order chi connectivity index (χ0) is 13.6. The number of rotatable bonds is 7. The molecule has 0 amide bonds. The number of aliphatic hydroxyl groups excluding tert-OH is 1. The molecule has 0 radical (unpaired) electrons. The molecule has 0 aliphatic carbocycles. The number of nitrogens with zero attached hydrogens (tertiary/aromatic N) is 2. The van der Waals surface area contributed by atoms with Crippen LogP contribution in [0.3, 0.4) is 0 Å². The van der Waals surface area contributed by atoms with Gasteiger partial charge in [0, 0.05) is 11.6 Å². The maximum absolute atomic E-state index is 9.34. The van der Waals surface area contributed by atoms with Gasteiger partial charge in [-0.05, 0) is 73.4 Å². The lowest BCUT2D eigenvalue weighted by molar-refractivity contribution is 0.132. The van der Waals surface area contributed by atoms with E-state index < -0.39 is 0 Å². The Morgan fingerprint density at radius 3 is 2.39 bits per heavy atom. The summed E-state index contributed by atoms with van der Waals surface area (Å²) < 4.78 is 0. The maximum atomic E-state index is 9.34. The highest BCUT2D eigenvalue weighted by atomic mass is 16.3. The van der Waals surface area contributed by atoms with Gasteiger partial charge in [-0.2, -0.15) is 0 Å². The molecule has 4 heteroatoms. The first kappa shape index (κ1) is 15.9. The van der Waals surface area contributed by atoms with Gasteiger partial charge in [0.1, 0.15) is 0 Å². The smallest absolute Gasteiger partial charge is 0.0610 e. The lowest BCUT2D eigenvalue weighted by Crippen LogP contribution is -2.45. The molecule has 0 saturated carbocycles. The summed E-state index contributed by atoms with van der Waals surface area (Å²) in [4.78, 5) is 4.91. The standard InChI is InChI=1S/C14H31N3O/c1-14(12-18,15-2)8-5-9-17-10-6-13(7-11-17)16(3)4/h13,15,18H,5-12H2,1-4H3. The van der Waals surface area contributed by atoms with Crippen LogP contribution >= 0.6 is 0 Å². The lowest BCUT2D eigenvalue weighted by Gasteiger charge is -2.36. The van der Waals surface area contributed by atoms with Gasteiger partial charge >= 0.3 is 0 Å². The molecule has 1 rings (SSSR count). The second-order valence-electron chi connectivity index (χ2n) is 6.11. The summed E-state index contributed by atoms with van der Waals surface area (Å²) in [5.41, 5.74) is -0.109. The van der Waals surface area contributed by atoms with Crippen LogP contribution in [0.2, 0.25) is 0 Å². The highest BCUT2D eigenvalue weighted by Gasteiger charge is 2.23. The second kappa shape index (κ2) is 7.43.